The number of ether oxygens (including phenoxy) is 2. The Morgan fingerprint density at radius 1 is 1.24 bits per heavy atom. The minimum Gasteiger partial charge on any atom is -0.491 e. The van der Waals surface area contributed by atoms with Crippen LogP contribution in [0.25, 0.3) is 0 Å². The maximum Gasteiger partial charge on any atom is 0.148 e. The first-order valence-corrected chi connectivity index (χ1v) is 6.54. The van der Waals surface area contributed by atoms with Crippen LogP contribution < -0.4 is 15.2 Å². The molecule has 0 radical (unpaired) electrons. The van der Waals surface area contributed by atoms with Crippen molar-refractivity contribution in [2.24, 2.45) is 0 Å². The zero-order valence-electron chi connectivity index (χ0n) is 11.6. The average molecular weight is 286 g/mol. The lowest BCUT2D eigenvalue weighted by Crippen LogP contribution is -1.99. The first kappa shape index (κ1) is 14.7. The summed E-state index contributed by atoms with van der Waals surface area (Å²) >= 11 is 0. The fourth-order valence-electron chi connectivity index (χ4n) is 1.74. The molecule has 21 heavy (non-hydrogen) atoms. The molecule has 2 aromatic carbocycles. The second-order valence-corrected chi connectivity index (χ2v) is 4.37. The Balaban J connectivity index is 2.28. The van der Waals surface area contributed by atoms with Crippen LogP contribution in [0.4, 0.5) is 10.1 Å². The summed E-state index contributed by atoms with van der Waals surface area (Å²) in [5, 5.41) is 8.98. The van der Waals surface area contributed by atoms with Gasteiger partial charge in [-0.15, -0.1) is 0 Å². The highest BCUT2D eigenvalue weighted by molar-refractivity contribution is 5.56. The molecule has 4 nitrogen and oxygen atoms in total. The van der Waals surface area contributed by atoms with Gasteiger partial charge in [-0.2, -0.15) is 5.26 Å². The van der Waals surface area contributed by atoms with Crippen molar-refractivity contribution in [1.29, 1.82) is 5.26 Å². The van der Waals surface area contributed by atoms with E-state index in [1.54, 1.807) is 24.3 Å². The third kappa shape index (κ3) is 3.42. The van der Waals surface area contributed by atoms with Gasteiger partial charge in [0.15, 0.2) is 0 Å². The Kier molecular flexibility index (Phi) is 4.62. The number of benzene rings is 2. The van der Waals surface area contributed by atoms with Gasteiger partial charge >= 0.3 is 0 Å². The summed E-state index contributed by atoms with van der Waals surface area (Å²) in [6, 6.07) is 10.9. The van der Waals surface area contributed by atoms with E-state index < -0.39 is 5.82 Å². The largest absolute Gasteiger partial charge is 0.491 e. The van der Waals surface area contributed by atoms with Crippen LogP contribution in [0, 0.1) is 17.1 Å². The molecule has 0 aliphatic rings. The number of rotatable bonds is 5. The van der Waals surface area contributed by atoms with Crippen molar-refractivity contribution >= 4 is 5.69 Å². The maximum atomic E-state index is 13.5. The molecule has 0 aliphatic heterocycles. The lowest BCUT2D eigenvalue weighted by molar-refractivity contribution is 0.317. The van der Waals surface area contributed by atoms with Crippen molar-refractivity contribution < 1.29 is 13.9 Å². The molecule has 0 saturated heterocycles. The predicted molar refractivity (Wildman–Crippen MR) is 77.8 cm³/mol. The van der Waals surface area contributed by atoms with Crippen LogP contribution in [-0.4, -0.2) is 6.61 Å². The minimum atomic E-state index is -0.618. The van der Waals surface area contributed by atoms with E-state index in [-0.39, 0.29) is 11.3 Å². The molecule has 0 spiro atoms. The highest BCUT2D eigenvalue weighted by Crippen LogP contribution is 2.32. The Labute approximate surface area is 122 Å². The molecule has 2 rings (SSSR count). The lowest BCUT2D eigenvalue weighted by atomic mass is 10.2. The fraction of sp³-hybridized carbons (Fsp3) is 0.188. The predicted octanol–water partition coefficient (Wildman–Crippen LogP) is 3.86. The summed E-state index contributed by atoms with van der Waals surface area (Å²) in [6.07, 6.45) is 0.854. The highest BCUT2D eigenvalue weighted by Gasteiger charge is 2.11. The maximum absolute atomic E-state index is 13.5. The van der Waals surface area contributed by atoms with E-state index in [9.17, 15) is 4.39 Å². The molecule has 0 heterocycles. The molecule has 0 saturated carbocycles. The molecule has 2 aromatic rings. The summed E-state index contributed by atoms with van der Waals surface area (Å²) in [5.74, 6) is 0.471. The van der Waals surface area contributed by atoms with Crippen LogP contribution in [0.5, 0.6) is 17.2 Å². The van der Waals surface area contributed by atoms with Gasteiger partial charge in [0.25, 0.3) is 0 Å². The Bertz CT molecular complexity index is 680. The zero-order chi connectivity index (χ0) is 15.2. The Morgan fingerprint density at radius 3 is 2.76 bits per heavy atom. The zero-order valence-corrected chi connectivity index (χ0v) is 11.6. The second kappa shape index (κ2) is 6.62. The Morgan fingerprint density at radius 2 is 2.05 bits per heavy atom. The molecule has 0 fully saturated rings. The molecular weight excluding hydrogens is 271 g/mol. The first-order chi connectivity index (χ1) is 10.2. The summed E-state index contributed by atoms with van der Waals surface area (Å²) in [6.45, 7) is 2.53. The fourth-order valence-corrected chi connectivity index (χ4v) is 1.74. The van der Waals surface area contributed by atoms with Gasteiger partial charge in [0.2, 0.25) is 0 Å². The molecule has 0 unspecified atom stereocenters. The van der Waals surface area contributed by atoms with Crippen LogP contribution >= 0.6 is 0 Å². The number of hydrogen-bond acceptors (Lipinski definition) is 4. The summed E-state index contributed by atoms with van der Waals surface area (Å²) < 4.78 is 24.6. The lowest BCUT2D eigenvalue weighted by Gasteiger charge is -2.12. The summed E-state index contributed by atoms with van der Waals surface area (Å²) in [4.78, 5) is 0. The quantitative estimate of drug-likeness (QED) is 0.847. The van der Waals surface area contributed by atoms with Crippen molar-refractivity contribution in [3.63, 3.8) is 0 Å². The van der Waals surface area contributed by atoms with Crippen LogP contribution in [0.1, 0.15) is 18.9 Å². The molecule has 0 atom stereocenters. The van der Waals surface area contributed by atoms with Gasteiger partial charge in [0.1, 0.15) is 34.7 Å². The number of nitrogens with two attached hydrogens (primary N) is 1. The standard InChI is InChI=1S/C16H15FN2O2/c1-2-8-20-16-9-11(6-7-14(16)19)21-15-5-3-4-13(17)12(15)10-18/h3-7,9H,2,8,19H2,1H3. The SMILES string of the molecule is CCCOc1cc(Oc2cccc(F)c2C#N)ccc1N. The molecule has 0 aromatic heterocycles. The smallest absolute Gasteiger partial charge is 0.148 e. The molecule has 5 heteroatoms. The molecule has 0 aliphatic carbocycles. The molecule has 0 bridgehead atoms. The van der Waals surface area contributed by atoms with Gasteiger partial charge in [0.05, 0.1) is 12.3 Å². The molecule has 0 amide bonds. The van der Waals surface area contributed by atoms with Crippen molar-refractivity contribution in [2.75, 3.05) is 12.3 Å². The van der Waals surface area contributed by atoms with Gasteiger partial charge in [-0.1, -0.05) is 13.0 Å². The normalized spacial score (nSPS) is 9.95. The summed E-state index contributed by atoms with van der Waals surface area (Å²) in [7, 11) is 0. The third-order valence-corrected chi connectivity index (χ3v) is 2.76. The van der Waals surface area contributed by atoms with Gasteiger partial charge < -0.3 is 15.2 Å². The number of nitriles is 1. The van der Waals surface area contributed by atoms with Crippen molar-refractivity contribution in [2.45, 2.75) is 13.3 Å². The second-order valence-electron chi connectivity index (χ2n) is 4.37. The van der Waals surface area contributed by atoms with E-state index in [4.69, 9.17) is 20.5 Å². The van der Waals surface area contributed by atoms with Crippen LogP contribution in [0.2, 0.25) is 0 Å². The van der Waals surface area contributed by atoms with Crippen molar-refractivity contribution in [3.05, 3.63) is 47.8 Å². The van der Waals surface area contributed by atoms with Crippen LogP contribution in [0.3, 0.4) is 0 Å². The molecular formula is C16H15FN2O2. The van der Waals surface area contributed by atoms with Crippen LogP contribution in [0.15, 0.2) is 36.4 Å². The van der Waals surface area contributed by atoms with Crippen LogP contribution in [-0.2, 0) is 0 Å². The summed E-state index contributed by atoms with van der Waals surface area (Å²) in [5.41, 5.74) is 6.17. The van der Waals surface area contributed by atoms with Gasteiger partial charge in [-0.05, 0) is 30.7 Å². The van der Waals surface area contributed by atoms with E-state index in [0.717, 1.165) is 6.42 Å². The van der Waals surface area contributed by atoms with E-state index >= 15 is 0 Å². The minimum absolute atomic E-state index is 0.134. The number of hydrogen-bond donors (Lipinski definition) is 1. The number of nitrogen functional groups attached to an aromatic ring is 1. The van der Waals surface area contributed by atoms with E-state index in [0.29, 0.717) is 23.8 Å². The van der Waals surface area contributed by atoms with E-state index in [1.807, 2.05) is 6.92 Å². The number of nitrogens with zero attached hydrogens (tertiary/aromatic N) is 1. The monoisotopic (exact) mass is 286 g/mol. The van der Waals surface area contributed by atoms with Gasteiger partial charge in [-0.25, -0.2) is 4.39 Å². The highest BCUT2D eigenvalue weighted by atomic mass is 19.1. The average Bonchev–Trinajstić information content (AvgIpc) is 2.48. The first-order valence-electron chi connectivity index (χ1n) is 6.54. The topological polar surface area (TPSA) is 68.3 Å². The molecule has 2 N–H and O–H groups in total. The van der Waals surface area contributed by atoms with E-state index in [2.05, 4.69) is 0 Å². The number of halogens is 1. The Hall–Kier alpha value is -2.74. The van der Waals surface area contributed by atoms with Gasteiger partial charge in [-0.3, -0.25) is 0 Å². The van der Waals surface area contributed by atoms with Crippen molar-refractivity contribution in [1.82, 2.24) is 0 Å². The number of anilines is 1. The van der Waals surface area contributed by atoms with Crippen molar-refractivity contribution in [3.8, 4) is 23.3 Å². The van der Waals surface area contributed by atoms with Gasteiger partial charge in [0, 0.05) is 6.07 Å². The van der Waals surface area contributed by atoms with E-state index in [1.165, 1.54) is 18.2 Å². The third-order valence-electron chi connectivity index (χ3n) is 2.76. The molecule has 108 valence electrons.